The minimum atomic E-state index is -0.480. The van der Waals surface area contributed by atoms with E-state index >= 15 is 0 Å². The van der Waals surface area contributed by atoms with Crippen molar-refractivity contribution in [3.05, 3.63) is 86.9 Å². The summed E-state index contributed by atoms with van der Waals surface area (Å²) in [7, 11) is 0. The van der Waals surface area contributed by atoms with E-state index in [1.807, 2.05) is 42.7 Å². The van der Waals surface area contributed by atoms with Crippen LogP contribution in [0.4, 0.5) is 0 Å². The Hall–Kier alpha value is -3.20. The van der Waals surface area contributed by atoms with Crippen molar-refractivity contribution in [1.82, 2.24) is 14.6 Å². The summed E-state index contributed by atoms with van der Waals surface area (Å²) in [5.41, 5.74) is 4.25. The molecule has 0 fully saturated rings. The van der Waals surface area contributed by atoms with E-state index in [0.717, 1.165) is 28.2 Å². The van der Waals surface area contributed by atoms with E-state index in [4.69, 9.17) is 28.6 Å². The number of rotatable bonds is 3. The van der Waals surface area contributed by atoms with Crippen molar-refractivity contribution in [3.8, 4) is 5.69 Å². The van der Waals surface area contributed by atoms with Gasteiger partial charge in [-0.25, -0.2) is 0 Å². The largest absolute Gasteiger partial charge is 0.316 e. The van der Waals surface area contributed by atoms with Crippen LogP contribution in [0.25, 0.3) is 11.8 Å². The number of hydrogen-bond donors (Lipinski definition) is 1. The van der Waals surface area contributed by atoms with Gasteiger partial charge in [-0.3, -0.25) is 15.2 Å². The lowest BCUT2D eigenvalue weighted by Gasteiger charge is -2.20. The lowest BCUT2D eigenvalue weighted by molar-refractivity contribution is -0.114. The predicted molar refractivity (Wildman–Crippen MR) is 134 cm³/mol. The van der Waals surface area contributed by atoms with Crippen LogP contribution in [0.1, 0.15) is 22.5 Å². The second-order valence-electron chi connectivity index (χ2n) is 7.40. The lowest BCUT2D eigenvalue weighted by atomic mass is 10.1. The molecule has 0 radical (unpaired) electrons. The van der Waals surface area contributed by atoms with Crippen molar-refractivity contribution in [1.29, 1.82) is 5.41 Å². The zero-order valence-electron chi connectivity index (χ0n) is 17.5. The van der Waals surface area contributed by atoms with Gasteiger partial charge in [0.05, 0.1) is 21.3 Å². The number of nitrogens with one attached hydrogen (secondary N) is 1. The monoisotopic (exact) mass is 494 g/mol. The molecule has 0 atom stereocenters. The summed E-state index contributed by atoms with van der Waals surface area (Å²) in [6.07, 6.45) is 5.03. The number of hydrogen-bond acceptors (Lipinski definition) is 5. The number of aliphatic imine (C=N–C) groups is 1. The van der Waals surface area contributed by atoms with E-state index in [2.05, 4.69) is 15.1 Å². The van der Waals surface area contributed by atoms with Gasteiger partial charge < -0.3 is 4.57 Å². The van der Waals surface area contributed by atoms with Gasteiger partial charge in [-0.15, -0.1) is 0 Å². The molecule has 0 unspecified atom stereocenters. The summed E-state index contributed by atoms with van der Waals surface area (Å²) >= 11 is 13.9. The van der Waals surface area contributed by atoms with Gasteiger partial charge >= 0.3 is 0 Å². The number of hydrazone groups is 1. The van der Waals surface area contributed by atoms with Gasteiger partial charge in [0.25, 0.3) is 5.91 Å². The summed E-state index contributed by atoms with van der Waals surface area (Å²) < 4.78 is 1.97. The summed E-state index contributed by atoms with van der Waals surface area (Å²) in [5, 5.41) is 16.4. The van der Waals surface area contributed by atoms with Crippen molar-refractivity contribution in [2.24, 2.45) is 10.1 Å². The van der Waals surface area contributed by atoms with Crippen LogP contribution in [0.5, 0.6) is 0 Å². The molecule has 0 bridgehead atoms. The van der Waals surface area contributed by atoms with E-state index in [0.29, 0.717) is 20.3 Å². The number of nitrogens with zero attached hydrogens (tertiary/aromatic N) is 5. The molecule has 4 heterocycles. The molecule has 10 heteroatoms. The van der Waals surface area contributed by atoms with Crippen LogP contribution in [-0.2, 0) is 4.79 Å². The second kappa shape index (κ2) is 8.30. The Morgan fingerprint density at radius 2 is 1.97 bits per heavy atom. The molecule has 2 aliphatic rings. The van der Waals surface area contributed by atoms with Gasteiger partial charge in [-0.05, 0) is 67.6 Å². The van der Waals surface area contributed by atoms with Crippen LogP contribution in [0.2, 0.25) is 10.0 Å². The number of thioether (sulfide) groups is 1. The van der Waals surface area contributed by atoms with E-state index in [9.17, 15) is 4.79 Å². The molecule has 0 aliphatic carbocycles. The molecule has 2 aromatic heterocycles. The Kier molecular flexibility index (Phi) is 5.44. The molecule has 1 amide bonds. The number of carbonyl (C=O) groups is 1. The molecule has 0 saturated heterocycles. The first-order valence-corrected chi connectivity index (χ1v) is 11.5. The maximum atomic E-state index is 12.8. The third-order valence-electron chi connectivity index (χ3n) is 5.31. The van der Waals surface area contributed by atoms with Crippen LogP contribution in [-0.4, -0.2) is 36.5 Å². The number of pyridine rings is 1. The molecule has 0 spiro atoms. The number of aryl methyl sites for hydroxylation is 1. The first kappa shape index (κ1) is 21.6. The van der Waals surface area contributed by atoms with E-state index in [1.165, 1.54) is 16.8 Å². The zero-order valence-corrected chi connectivity index (χ0v) is 19.8. The molecular weight excluding hydrogens is 479 g/mol. The summed E-state index contributed by atoms with van der Waals surface area (Å²) in [4.78, 5) is 21.1. The minimum Gasteiger partial charge on any atom is -0.316 e. The molecule has 5 rings (SSSR count). The Morgan fingerprint density at radius 3 is 2.73 bits per heavy atom. The van der Waals surface area contributed by atoms with Gasteiger partial charge in [0, 0.05) is 29.3 Å². The van der Waals surface area contributed by atoms with Crippen molar-refractivity contribution in [2.75, 3.05) is 0 Å². The fourth-order valence-corrected chi connectivity index (χ4v) is 4.98. The third-order valence-corrected chi connectivity index (χ3v) is 7.07. The molecule has 2 aliphatic heterocycles. The highest BCUT2D eigenvalue weighted by Gasteiger charge is 2.36. The molecule has 1 N–H and O–H groups in total. The number of benzene rings is 1. The summed E-state index contributed by atoms with van der Waals surface area (Å²) in [6, 6.07) is 11.1. The van der Waals surface area contributed by atoms with Crippen molar-refractivity contribution in [2.45, 2.75) is 13.8 Å². The van der Waals surface area contributed by atoms with Crippen LogP contribution >= 0.6 is 35.0 Å². The SMILES string of the molecule is Cc1cc(/C=C2\C(=N)N3N=C(c4cccnc4)SC3=NC2=O)c(C)n1-c1cccc(Cl)c1Cl. The molecule has 0 saturated carbocycles. The first-order valence-electron chi connectivity index (χ1n) is 9.89. The maximum Gasteiger partial charge on any atom is 0.283 e. The number of halogens is 2. The van der Waals surface area contributed by atoms with Gasteiger partial charge in [0.2, 0.25) is 5.17 Å². The summed E-state index contributed by atoms with van der Waals surface area (Å²) in [6.45, 7) is 3.87. The number of aromatic nitrogens is 2. The maximum absolute atomic E-state index is 12.8. The molecule has 1 aromatic carbocycles. The van der Waals surface area contributed by atoms with Crippen molar-refractivity contribution >= 4 is 63.0 Å². The lowest BCUT2D eigenvalue weighted by Crippen LogP contribution is -2.35. The highest BCUT2D eigenvalue weighted by atomic mass is 35.5. The Morgan fingerprint density at radius 1 is 1.15 bits per heavy atom. The highest BCUT2D eigenvalue weighted by molar-refractivity contribution is 8.27. The number of fused-ring (bicyclic) bond motifs is 1. The molecule has 164 valence electrons. The van der Waals surface area contributed by atoms with E-state index in [-0.39, 0.29) is 11.4 Å². The van der Waals surface area contributed by atoms with Gasteiger partial charge in [0.15, 0.2) is 5.84 Å². The van der Waals surface area contributed by atoms with Crippen LogP contribution in [0.3, 0.4) is 0 Å². The average Bonchev–Trinajstić information content (AvgIpc) is 3.34. The fraction of sp³-hybridized carbons (Fsp3) is 0.0870. The predicted octanol–water partition coefficient (Wildman–Crippen LogP) is 5.46. The second-order valence-corrected chi connectivity index (χ2v) is 9.14. The standard InChI is InChI=1S/C23H16Cl2N6OS/c1-12-9-15(13(2)30(12)18-7-3-6-17(24)19(18)25)10-16-20(26)31-23(28-21(16)32)33-22(29-31)14-5-4-8-27-11-14/h3-11,26H,1-2H3/b16-10+,26-20?. The van der Waals surface area contributed by atoms with Crippen LogP contribution in [0, 0.1) is 19.3 Å². The van der Waals surface area contributed by atoms with Gasteiger partial charge in [-0.2, -0.15) is 15.1 Å². The van der Waals surface area contributed by atoms with E-state index < -0.39 is 5.91 Å². The Balaban J connectivity index is 1.54. The highest BCUT2D eigenvalue weighted by Crippen LogP contribution is 2.34. The quantitative estimate of drug-likeness (QED) is 0.489. The van der Waals surface area contributed by atoms with Crippen molar-refractivity contribution in [3.63, 3.8) is 0 Å². The minimum absolute atomic E-state index is 0.0259. The number of amidine groups is 2. The topological polar surface area (TPSA) is 86.7 Å². The zero-order chi connectivity index (χ0) is 23.3. The number of carbonyl (C=O) groups excluding carboxylic acids is 1. The third kappa shape index (κ3) is 3.70. The van der Waals surface area contributed by atoms with Gasteiger partial charge in [-0.1, -0.05) is 29.3 Å². The molecular formula is C23H16Cl2N6OS. The van der Waals surface area contributed by atoms with Crippen LogP contribution < -0.4 is 0 Å². The fourth-order valence-electron chi connectivity index (χ4n) is 3.72. The average molecular weight is 495 g/mol. The summed E-state index contributed by atoms with van der Waals surface area (Å²) in [5.74, 6) is -0.506. The smallest absolute Gasteiger partial charge is 0.283 e. The van der Waals surface area contributed by atoms with Gasteiger partial charge in [0.1, 0.15) is 5.04 Å². The Bertz CT molecular complexity index is 1420. The molecule has 3 aromatic rings. The molecule has 33 heavy (non-hydrogen) atoms. The van der Waals surface area contributed by atoms with E-state index in [1.54, 1.807) is 30.6 Å². The van der Waals surface area contributed by atoms with Crippen LogP contribution in [0.15, 0.2) is 64.5 Å². The Labute approximate surface area is 203 Å². The van der Waals surface area contributed by atoms with Crippen molar-refractivity contribution < 1.29 is 4.79 Å². The molecule has 7 nitrogen and oxygen atoms in total. The number of amides is 1. The normalized spacial score (nSPS) is 16.8. The first-order chi connectivity index (χ1) is 15.8.